The Balaban J connectivity index is 2.42. The van der Waals surface area contributed by atoms with E-state index in [9.17, 15) is 19.5 Å². The summed E-state index contributed by atoms with van der Waals surface area (Å²) in [4.78, 5) is 41.1. The Labute approximate surface area is 215 Å². The van der Waals surface area contributed by atoms with Crippen molar-refractivity contribution < 1.29 is 29.0 Å². The first-order chi connectivity index (χ1) is 16.8. The van der Waals surface area contributed by atoms with Gasteiger partial charge in [-0.2, -0.15) is 0 Å². The number of nitrogens with zero attached hydrogens (tertiary/aromatic N) is 2. The van der Waals surface area contributed by atoms with Gasteiger partial charge in [0.25, 0.3) is 0 Å². The summed E-state index contributed by atoms with van der Waals surface area (Å²) in [6.07, 6.45) is 2.45. The summed E-state index contributed by atoms with van der Waals surface area (Å²) in [5, 5.41) is 12.3. The third-order valence-electron chi connectivity index (χ3n) is 6.61. The maximum absolute atomic E-state index is 13.3. The molecule has 8 nitrogen and oxygen atoms in total. The summed E-state index contributed by atoms with van der Waals surface area (Å²) in [6, 6.07) is 8.52. The Morgan fingerprint density at radius 2 is 1.72 bits per heavy atom. The van der Waals surface area contributed by atoms with Crippen molar-refractivity contribution in [1.82, 2.24) is 9.80 Å². The highest BCUT2D eigenvalue weighted by molar-refractivity contribution is 5.73. The Morgan fingerprint density at radius 1 is 1.08 bits per heavy atom. The van der Waals surface area contributed by atoms with Gasteiger partial charge in [0, 0.05) is 6.04 Å². The van der Waals surface area contributed by atoms with Crippen LogP contribution in [0.4, 0.5) is 4.79 Å². The van der Waals surface area contributed by atoms with Gasteiger partial charge in [-0.1, -0.05) is 57.5 Å². The number of carboxylic acids is 1. The predicted octanol–water partition coefficient (Wildman–Crippen LogP) is 3.62. The molecule has 1 aromatic carbocycles. The molecule has 1 aliphatic rings. The lowest BCUT2D eigenvalue weighted by atomic mass is 9.92. The molecule has 0 spiro atoms. The van der Waals surface area contributed by atoms with Crippen molar-refractivity contribution in [3.8, 4) is 0 Å². The van der Waals surface area contributed by atoms with E-state index in [1.54, 1.807) is 4.90 Å². The molecule has 4 atom stereocenters. The van der Waals surface area contributed by atoms with Gasteiger partial charge >= 0.3 is 12.1 Å². The number of aliphatic carboxylic acids is 1. The molecule has 0 bridgehead atoms. The topological polar surface area (TPSA) is 99.2 Å². The molecule has 1 fully saturated rings. The van der Waals surface area contributed by atoms with Crippen LogP contribution in [-0.2, 0) is 25.5 Å². The number of carboxylic acid groups (broad SMARTS) is 1. The fraction of sp³-hybridized carbons (Fsp3) is 0.679. The number of methoxy groups -OCH3 is 1. The summed E-state index contributed by atoms with van der Waals surface area (Å²) >= 11 is 0. The SMILES string of the molecule is COC(=O)[C@H](C)CCC[C@@H]1[C@H](Cc2ccccc2)N(C(=O)OC(C)(C)C)CN1[C@@H](CC(C)C)C(=O)[O-]. The summed E-state index contributed by atoms with van der Waals surface area (Å²) in [7, 11) is 1.38. The molecule has 0 aliphatic carbocycles. The van der Waals surface area contributed by atoms with Gasteiger partial charge in [-0.3, -0.25) is 14.6 Å². The second kappa shape index (κ2) is 13.1. The van der Waals surface area contributed by atoms with Crippen molar-refractivity contribution in [2.24, 2.45) is 11.8 Å². The van der Waals surface area contributed by atoms with E-state index in [4.69, 9.17) is 9.47 Å². The van der Waals surface area contributed by atoms with Gasteiger partial charge in [0.05, 0.1) is 37.7 Å². The second-order valence-electron chi connectivity index (χ2n) is 11.2. The molecule has 0 unspecified atom stereocenters. The zero-order valence-electron chi connectivity index (χ0n) is 22.9. The minimum absolute atomic E-state index is 0.135. The molecule has 8 heteroatoms. The number of carbonyl (C=O) groups is 3. The van der Waals surface area contributed by atoms with Crippen LogP contribution in [0, 0.1) is 11.8 Å². The highest BCUT2D eigenvalue weighted by Gasteiger charge is 2.46. The van der Waals surface area contributed by atoms with E-state index < -0.39 is 23.7 Å². The Kier molecular flexibility index (Phi) is 10.8. The predicted molar refractivity (Wildman–Crippen MR) is 136 cm³/mol. The number of esters is 1. The van der Waals surface area contributed by atoms with Crippen LogP contribution < -0.4 is 5.11 Å². The first-order valence-corrected chi connectivity index (χ1v) is 12.9. The molecule has 0 aromatic heterocycles. The highest BCUT2D eigenvalue weighted by atomic mass is 16.6. The molecule has 2 rings (SSSR count). The maximum atomic E-state index is 13.3. The number of hydrogen-bond acceptors (Lipinski definition) is 7. The number of benzene rings is 1. The lowest BCUT2D eigenvalue weighted by molar-refractivity contribution is -0.312. The van der Waals surface area contributed by atoms with E-state index >= 15 is 0 Å². The number of carbonyl (C=O) groups excluding carboxylic acids is 3. The largest absolute Gasteiger partial charge is 0.548 e. The number of amides is 1. The number of ether oxygens (including phenoxy) is 2. The third kappa shape index (κ3) is 8.50. The van der Waals surface area contributed by atoms with E-state index in [1.807, 2.05) is 76.8 Å². The van der Waals surface area contributed by atoms with Crippen molar-refractivity contribution in [2.75, 3.05) is 13.8 Å². The molecule has 0 saturated carbocycles. The van der Waals surface area contributed by atoms with Crippen molar-refractivity contribution >= 4 is 18.0 Å². The van der Waals surface area contributed by atoms with Gasteiger partial charge < -0.3 is 19.4 Å². The van der Waals surface area contributed by atoms with Gasteiger partial charge in [-0.25, -0.2) is 4.79 Å². The molecule has 1 saturated heterocycles. The van der Waals surface area contributed by atoms with E-state index in [0.29, 0.717) is 32.1 Å². The molecule has 1 aromatic rings. The smallest absolute Gasteiger partial charge is 0.411 e. The zero-order chi connectivity index (χ0) is 27.0. The summed E-state index contributed by atoms with van der Waals surface area (Å²) in [5.41, 5.74) is 0.374. The minimum atomic E-state index is -1.14. The summed E-state index contributed by atoms with van der Waals surface area (Å²) in [5.74, 6) is -1.52. The maximum Gasteiger partial charge on any atom is 0.411 e. The summed E-state index contributed by atoms with van der Waals surface area (Å²) in [6.45, 7) is 11.4. The standard InChI is InChI=1S/C28H44N2O6/c1-19(2)16-24(25(31)32)29-18-30(27(34)36-28(4,5)6)23(17-21-13-9-8-10-14-21)22(29)15-11-12-20(3)26(33)35-7/h8-10,13-14,19-20,22-24H,11-12,15-18H2,1-7H3,(H,31,32)/p-1/t20-,22-,23+,24+/m1/s1. The van der Waals surface area contributed by atoms with E-state index in [2.05, 4.69) is 0 Å². The second-order valence-corrected chi connectivity index (χ2v) is 11.2. The van der Waals surface area contributed by atoms with Gasteiger partial charge in [0.1, 0.15) is 5.60 Å². The van der Waals surface area contributed by atoms with Crippen LogP contribution in [0.25, 0.3) is 0 Å². The molecule has 1 heterocycles. The monoisotopic (exact) mass is 503 g/mol. The van der Waals surface area contributed by atoms with Crippen LogP contribution in [0.1, 0.15) is 72.8 Å². The van der Waals surface area contributed by atoms with Gasteiger partial charge in [-0.05, 0) is 57.9 Å². The first kappa shape index (κ1) is 29.6. The van der Waals surface area contributed by atoms with Crippen LogP contribution in [0.15, 0.2) is 30.3 Å². The quantitative estimate of drug-likeness (QED) is 0.425. The zero-order valence-corrected chi connectivity index (χ0v) is 22.9. The Morgan fingerprint density at radius 3 is 2.25 bits per heavy atom. The van der Waals surface area contributed by atoms with E-state index in [-0.39, 0.29) is 36.6 Å². The van der Waals surface area contributed by atoms with Gasteiger partial charge in [0.2, 0.25) is 0 Å². The van der Waals surface area contributed by atoms with Gasteiger partial charge in [0.15, 0.2) is 0 Å². The molecule has 0 N–H and O–H groups in total. The fourth-order valence-corrected chi connectivity index (χ4v) is 4.88. The highest BCUT2D eigenvalue weighted by Crippen LogP contribution is 2.33. The lowest BCUT2D eigenvalue weighted by Crippen LogP contribution is -2.52. The van der Waals surface area contributed by atoms with Crippen molar-refractivity contribution in [3.63, 3.8) is 0 Å². The minimum Gasteiger partial charge on any atom is -0.548 e. The van der Waals surface area contributed by atoms with E-state index in [1.165, 1.54) is 7.11 Å². The van der Waals surface area contributed by atoms with Crippen LogP contribution in [0.3, 0.4) is 0 Å². The Bertz CT molecular complexity index is 867. The molecule has 1 aliphatic heterocycles. The normalized spacial score (nSPS) is 20.3. The molecule has 202 valence electrons. The summed E-state index contributed by atoms with van der Waals surface area (Å²) < 4.78 is 10.6. The number of rotatable bonds is 11. The van der Waals surface area contributed by atoms with Crippen molar-refractivity contribution in [2.45, 2.75) is 97.4 Å². The lowest BCUT2D eigenvalue weighted by Gasteiger charge is -2.35. The van der Waals surface area contributed by atoms with Gasteiger partial charge in [-0.15, -0.1) is 0 Å². The first-order valence-electron chi connectivity index (χ1n) is 12.9. The third-order valence-corrected chi connectivity index (χ3v) is 6.61. The van der Waals surface area contributed by atoms with Crippen molar-refractivity contribution in [1.29, 1.82) is 0 Å². The average Bonchev–Trinajstić information content (AvgIpc) is 3.14. The molecular weight excluding hydrogens is 460 g/mol. The van der Waals surface area contributed by atoms with Crippen molar-refractivity contribution in [3.05, 3.63) is 35.9 Å². The average molecular weight is 504 g/mol. The fourth-order valence-electron chi connectivity index (χ4n) is 4.88. The van der Waals surface area contributed by atoms with Crippen LogP contribution >= 0.6 is 0 Å². The van der Waals surface area contributed by atoms with Crippen LogP contribution in [-0.4, -0.2) is 65.3 Å². The van der Waals surface area contributed by atoms with Crippen LogP contribution in [0.2, 0.25) is 0 Å². The molecular formula is C28H43N2O6-. The van der Waals surface area contributed by atoms with Crippen LogP contribution in [0.5, 0.6) is 0 Å². The molecule has 0 radical (unpaired) electrons. The Hall–Kier alpha value is -2.61. The molecule has 36 heavy (non-hydrogen) atoms. The van der Waals surface area contributed by atoms with E-state index in [0.717, 1.165) is 5.56 Å². The number of hydrogen-bond donors (Lipinski definition) is 0. The molecule has 1 amide bonds.